The van der Waals surface area contributed by atoms with Crippen molar-refractivity contribution in [1.29, 1.82) is 0 Å². The highest BCUT2D eigenvalue weighted by Crippen LogP contribution is 2.41. The van der Waals surface area contributed by atoms with Crippen molar-refractivity contribution in [2.75, 3.05) is 31.1 Å². The Hall–Kier alpha value is -2.14. The first-order valence-electron chi connectivity index (χ1n) is 9.67. The topological polar surface area (TPSA) is 49.3 Å². The minimum absolute atomic E-state index is 0.237. The first kappa shape index (κ1) is 18.2. The van der Waals surface area contributed by atoms with Crippen molar-refractivity contribution >= 4 is 23.3 Å². The van der Waals surface area contributed by atoms with E-state index in [0.29, 0.717) is 17.4 Å². The number of rotatable bonds is 4. The van der Waals surface area contributed by atoms with Gasteiger partial charge >= 0.3 is 0 Å². The molecule has 1 spiro atoms. The van der Waals surface area contributed by atoms with E-state index in [1.54, 1.807) is 12.4 Å². The van der Waals surface area contributed by atoms with Crippen molar-refractivity contribution in [3.8, 4) is 0 Å². The second-order valence-corrected chi connectivity index (χ2v) is 8.13. The molecule has 0 bridgehead atoms. The van der Waals surface area contributed by atoms with Crippen LogP contribution in [0, 0.1) is 5.41 Å². The van der Waals surface area contributed by atoms with Crippen LogP contribution in [0.1, 0.15) is 31.2 Å². The summed E-state index contributed by atoms with van der Waals surface area (Å²) in [5.74, 6) is 1.18. The third-order valence-corrected chi connectivity index (χ3v) is 6.30. The number of anilines is 1. The van der Waals surface area contributed by atoms with Gasteiger partial charge in [-0.3, -0.25) is 9.78 Å². The number of piperidine rings is 2. The zero-order valence-electron chi connectivity index (χ0n) is 15.5. The number of halogens is 1. The van der Waals surface area contributed by atoms with Crippen molar-refractivity contribution in [1.82, 2.24) is 14.9 Å². The quantitative estimate of drug-likeness (QED) is 0.808. The lowest BCUT2D eigenvalue weighted by molar-refractivity contribution is -0.138. The van der Waals surface area contributed by atoms with Gasteiger partial charge in [-0.25, -0.2) is 4.98 Å². The van der Waals surface area contributed by atoms with Gasteiger partial charge in [0, 0.05) is 51.2 Å². The van der Waals surface area contributed by atoms with E-state index in [1.807, 2.05) is 24.4 Å². The lowest BCUT2D eigenvalue weighted by Gasteiger charge is -2.47. The van der Waals surface area contributed by atoms with Gasteiger partial charge in [0.25, 0.3) is 0 Å². The average Bonchev–Trinajstić information content (AvgIpc) is 2.71. The fourth-order valence-corrected chi connectivity index (χ4v) is 4.57. The predicted molar refractivity (Wildman–Crippen MR) is 107 cm³/mol. The zero-order chi connectivity index (χ0) is 18.7. The van der Waals surface area contributed by atoms with Crippen molar-refractivity contribution < 1.29 is 4.79 Å². The van der Waals surface area contributed by atoms with Gasteiger partial charge in [0.1, 0.15) is 5.82 Å². The zero-order valence-corrected chi connectivity index (χ0v) is 16.2. The van der Waals surface area contributed by atoms with Crippen LogP contribution in [0.3, 0.4) is 0 Å². The second-order valence-electron chi connectivity index (χ2n) is 7.72. The van der Waals surface area contributed by atoms with Crippen LogP contribution >= 0.6 is 11.6 Å². The fourth-order valence-electron chi connectivity index (χ4n) is 4.33. The number of likely N-dealkylation sites (tertiary alicyclic amines) is 1. The summed E-state index contributed by atoms with van der Waals surface area (Å²) < 4.78 is 0. The fraction of sp³-hybridized carbons (Fsp3) is 0.476. The van der Waals surface area contributed by atoms with E-state index < -0.39 is 0 Å². The molecular weight excluding hydrogens is 360 g/mol. The van der Waals surface area contributed by atoms with E-state index >= 15 is 0 Å². The van der Waals surface area contributed by atoms with Crippen LogP contribution in [-0.2, 0) is 11.2 Å². The molecule has 4 rings (SSSR count). The molecule has 2 fully saturated rings. The number of nitrogens with zero attached hydrogens (tertiary/aromatic N) is 4. The lowest BCUT2D eigenvalue weighted by atomic mass is 9.72. The van der Waals surface area contributed by atoms with E-state index in [9.17, 15) is 4.79 Å². The Morgan fingerprint density at radius 2 is 1.93 bits per heavy atom. The molecule has 142 valence electrons. The maximum absolute atomic E-state index is 12.4. The highest BCUT2D eigenvalue weighted by atomic mass is 35.5. The van der Waals surface area contributed by atoms with Gasteiger partial charge in [-0.1, -0.05) is 17.7 Å². The number of amides is 1. The number of carbonyl (C=O) groups is 1. The minimum atomic E-state index is 0.237. The van der Waals surface area contributed by atoms with Gasteiger partial charge in [0.2, 0.25) is 5.91 Å². The van der Waals surface area contributed by atoms with Gasteiger partial charge < -0.3 is 9.80 Å². The Kier molecular flexibility index (Phi) is 5.30. The normalized spacial score (nSPS) is 19.5. The minimum Gasteiger partial charge on any atom is -0.355 e. The summed E-state index contributed by atoms with van der Waals surface area (Å²) in [6.45, 7) is 3.54. The van der Waals surface area contributed by atoms with Gasteiger partial charge in [-0.05, 0) is 54.9 Å². The number of hydrogen-bond donors (Lipinski definition) is 0. The molecule has 5 nitrogen and oxygen atoms in total. The van der Waals surface area contributed by atoms with E-state index in [0.717, 1.165) is 57.7 Å². The predicted octanol–water partition coefficient (Wildman–Crippen LogP) is 3.58. The molecule has 0 unspecified atom stereocenters. The van der Waals surface area contributed by atoms with E-state index in [1.165, 1.54) is 5.56 Å². The summed E-state index contributed by atoms with van der Waals surface area (Å²) in [4.78, 5) is 25.4. The van der Waals surface area contributed by atoms with Crippen LogP contribution in [0.4, 0.5) is 5.82 Å². The Morgan fingerprint density at radius 3 is 2.67 bits per heavy atom. The summed E-state index contributed by atoms with van der Waals surface area (Å²) >= 11 is 6.31. The first-order chi connectivity index (χ1) is 13.2. The summed E-state index contributed by atoms with van der Waals surface area (Å²) in [5, 5.41) is 0.713. The Labute approximate surface area is 165 Å². The third kappa shape index (κ3) is 4.08. The highest BCUT2D eigenvalue weighted by Gasteiger charge is 2.41. The van der Waals surface area contributed by atoms with Crippen LogP contribution in [0.2, 0.25) is 5.02 Å². The third-order valence-electron chi connectivity index (χ3n) is 6.00. The maximum atomic E-state index is 12.4. The molecule has 2 aromatic heterocycles. The van der Waals surface area contributed by atoms with Crippen LogP contribution in [0.25, 0.3) is 0 Å². The summed E-state index contributed by atoms with van der Waals surface area (Å²) in [7, 11) is 0. The van der Waals surface area contributed by atoms with Gasteiger partial charge in [0.05, 0.1) is 5.02 Å². The van der Waals surface area contributed by atoms with Crippen LogP contribution in [0.15, 0.2) is 42.9 Å². The molecule has 4 heterocycles. The van der Waals surface area contributed by atoms with E-state index in [-0.39, 0.29) is 5.41 Å². The Balaban J connectivity index is 1.38. The molecule has 2 aliphatic heterocycles. The van der Waals surface area contributed by atoms with Gasteiger partial charge in [-0.15, -0.1) is 0 Å². The summed E-state index contributed by atoms with van der Waals surface area (Å²) in [6, 6.07) is 7.79. The van der Waals surface area contributed by atoms with Gasteiger partial charge in [-0.2, -0.15) is 0 Å². The van der Waals surface area contributed by atoms with Crippen molar-refractivity contribution in [2.45, 2.75) is 32.1 Å². The standard InChI is InChI=1S/C21H25ClN4O/c22-18-4-2-11-24-20(18)25-13-8-21(9-14-25)7-5-19(27)26(16-21)12-6-17-3-1-10-23-15-17/h1-4,10-11,15H,5-9,12-14,16H2. The Morgan fingerprint density at radius 1 is 1.11 bits per heavy atom. The van der Waals surface area contributed by atoms with E-state index in [2.05, 4.69) is 25.8 Å². The molecule has 6 heteroatoms. The van der Waals surface area contributed by atoms with Crippen molar-refractivity contribution in [3.05, 3.63) is 53.4 Å². The molecule has 0 aromatic carbocycles. The number of hydrogen-bond acceptors (Lipinski definition) is 4. The van der Waals surface area contributed by atoms with E-state index in [4.69, 9.17) is 11.6 Å². The van der Waals surface area contributed by atoms with Crippen LogP contribution < -0.4 is 4.90 Å². The smallest absolute Gasteiger partial charge is 0.222 e. The van der Waals surface area contributed by atoms with Crippen LogP contribution in [0.5, 0.6) is 0 Å². The van der Waals surface area contributed by atoms with Gasteiger partial charge in [0.15, 0.2) is 0 Å². The van der Waals surface area contributed by atoms with Crippen LogP contribution in [-0.4, -0.2) is 47.0 Å². The molecule has 0 N–H and O–H groups in total. The average molecular weight is 385 g/mol. The number of aromatic nitrogens is 2. The Bertz CT molecular complexity index is 790. The monoisotopic (exact) mass is 384 g/mol. The first-order valence-corrected chi connectivity index (χ1v) is 10.1. The largest absolute Gasteiger partial charge is 0.355 e. The number of carbonyl (C=O) groups excluding carboxylic acids is 1. The molecule has 0 aliphatic carbocycles. The molecule has 2 aromatic rings. The molecule has 27 heavy (non-hydrogen) atoms. The SMILES string of the molecule is O=C1CCC2(CCN(c3ncccc3Cl)CC2)CN1CCc1cccnc1. The molecular formula is C21H25ClN4O. The van der Waals surface area contributed by atoms with Crippen molar-refractivity contribution in [2.24, 2.45) is 5.41 Å². The summed E-state index contributed by atoms with van der Waals surface area (Å²) in [5.41, 5.74) is 1.42. The van der Waals surface area contributed by atoms with Crippen molar-refractivity contribution in [3.63, 3.8) is 0 Å². The number of pyridine rings is 2. The molecule has 2 aliphatic rings. The maximum Gasteiger partial charge on any atom is 0.222 e. The molecule has 0 radical (unpaired) electrons. The second kappa shape index (κ2) is 7.85. The summed E-state index contributed by atoms with van der Waals surface area (Å²) in [6.07, 6.45) is 10.2. The molecule has 0 saturated carbocycles. The lowest BCUT2D eigenvalue weighted by Crippen LogP contribution is -2.52. The molecule has 1 amide bonds. The molecule has 0 atom stereocenters. The molecule has 2 saturated heterocycles. The highest BCUT2D eigenvalue weighted by molar-refractivity contribution is 6.32.